The molecule has 0 aliphatic rings. The van der Waals surface area contributed by atoms with Gasteiger partial charge in [0.05, 0.1) is 17.9 Å². The highest BCUT2D eigenvalue weighted by atomic mass is 16.5. The third-order valence-electron chi connectivity index (χ3n) is 2.83. The number of carbonyl (C=O) groups excluding carboxylic acids is 1. The number of ether oxygens (including phenoxy) is 2. The molecule has 0 saturated heterocycles. The van der Waals surface area contributed by atoms with E-state index in [1.54, 1.807) is 43.3 Å². The predicted octanol–water partition coefficient (Wildman–Crippen LogP) is 2.87. The van der Waals surface area contributed by atoms with E-state index < -0.39 is 5.97 Å². The van der Waals surface area contributed by atoms with Gasteiger partial charge in [-0.05, 0) is 37.3 Å². The molecule has 25 heavy (non-hydrogen) atoms. The normalized spacial score (nSPS) is 9.24. The Hall–Kier alpha value is -3.91. The van der Waals surface area contributed by atoms with Gasteiger partial charge in [-0.25, -0.2) is 9.78 Å². The van der Waals surface area contributed by atoms with Crippen molar-refractivity contribution in [2.24, 2.45) is 5.10 Å². The van der Waals surface area contributed by atoms with Crippen LogP contribution in [0.5, 0.6) is 11.6 Å². The van der Waals surface area contributed by atoms with Gasteiger partial charge in [0.15, 0.2) is 0 Å². The zero-order chi connectivity index (χ0) is 18.1. The largest absolute Gasteiger partial charge is 0.462 e. The van der Waals surface area contributed by atoms with Gasteiger partial charge in [0.1, 0.15) is 17.9 Å². The zero-order valence-electron chi connectivity index (χ0n) is 13.3. The van der Waals surface area contributed by atoms with E-state index in [0.717, 1.165) is 0 Å². The Bertz CT molecular complexity index is 847. The first-order chi connectivity index (χ1) is 12.2. The molecule has 0 aliphatic carbocycles. The van der Waals surface area contributed by atoms with Gasteiger partial charge in [0, 0.05) is 12.3 Å². The summed E-state index contributed by atoms with van der Waals surface area (Å²) in [5.41, 5.74) is 3.23. The maximum Gasteiger partial charge on any atom is 0.338 e. The van der Waals surface area contributed by atoms with Gasteiger partial charge in [-0.15, -0.1) is 0 Å². The van der Waals surface area contributed by atoms with Crippen molar-refractivity contribution >= 4 is 17.4 Å². The van der Waals surface area contributed by atoms with Crippen molar-refractivity contribution in [3.8, 4) is 23.8 Å². The molecule has 0 amide bonds. The summed E-state index contributed by atoms with van der Waals surface area (Å²) in [5.74, 6) is 0.294. The van der Waals surface area contributed by atoms with E-state index in [-0.39, 0.29) is 18.2 Å². The molecule has 1 aromatic carbocycles. The smallest absolute Gasteiger partial charge is 0.338 e. The minimum Gasteiger partial charge on any atom is -0.462 e. The Balaban J connectivity index is 2.06. The number of benzene rings is 1. The standard InChI is InChI=1S/C17H13N5O3/c1-2-24-17(23)12-7-8-20-16(9-12)25-15-5-3-13(4-6-15)21-22-14(10-18)11-19/h3-9,21H,2H2,1H3. The number of aromatic nitrogens is 1. The average molecular weight is 335 g/mol. The maximum absolute atomic E-state index is 11.7. The van der Waals surface area contributed by atoms with Crippen LogP contribution >= 0.6 is 0 Å². The average Bonchev–Trinajstić information content (AvgIpc) is 2.64. The Morgan fingerprint density at radius 3 is 2.60 bits per heavy atom. The van der Waals surface area contributed by atoms with Crippen LogP contribution in [0.1, 0.15) is 17.3 Å². The van der Waals surface area contributed by atoms with Crippen LogP contribution in [0.4, 0.5) is 5.69 Å². The van der Waals surface area contributed by atoms with Gasteiger partial charge >= 0.3 is 5.97 Å². The van der Waals surface area contributed by atoms with Crippen molar-refractivity contribution in [3.63, 3.8) is 0 Å². The van der Waals surface area contributed by atoms with Crippen LogP contribution in [0.25, 0.3) is 0 Å². The van der Waals surface area contributed by atoms with E-state index >= 15 is 0 Å². The number of nitriles is 2. The molecule has 0 unspecified atom stereocenters. The van der Waals surface area contributed by atoms with Crippen molar-refractivity contribution in [1.29, 1.82) is 10.5 Å². The maximum atomic E-state index is 11.7. The molecule has 2 rings (SSSR count). The number of esters is 1. The fourth-order valence-electron chi connectivity index (χ4n) is 1.72. The first kappa shape index (κ1) is 17.4. The summed E-state index contributed by atoms with van der Waals surface area (Å²) in [4.78, 5) is 15.7. The summed E-state index contributed by atoms with van der Waals surface area (Å²) < 4.78 is 10.5. The second-order valence-electron chi connectivity index (χ2n) is 4.53. The van der Waals surface area contributed by atoms with Gasteiger partial charge < -0.3 is 9.47 Å². The van der Waals surface area contributed by atoms with Crippen molar-refractivity contribution in [2.75, 3.05) is 12.0 Å². The Kier molecular flexibility index (Phi) is 6.04. The van der Waals surface area contributed by atoms with Gasteiger partial charge in [-0.3, -0.25) is 5.43 Å². The molecule has 0 atom stereocenters. The molecule has 8 heteroatoms. The summed E-state index contributed by atoms with van der Waals surface area (Å²) in [6.45, 7) is 2.01. The summed E-state index contributed by atoms with van der Waals surface area (Å²) in [7, 11) is 0. The third kappa shape index (κ3) is 5.05. The number of anilines is 1. The van der Waals surface area contributed by atoms with Crippen LogP contribution in [0.3, 0.4) is 0 Å². The van der Waals surface area contributed by atoms with E-state index in [1.165, 1.54) is 18.3 Å². The number of rotatable bonds is 6. The molecule has 0 radical (unpaired) electrons. The molecule has 0 saturated carbocycles. The number of hydrogen-bond acceptors (Lipinski definition) is 8. The first-order valence-electron chi connectivity index (χ1n) is 7.21. The van der Waals surface area contributed by atoms with E-state index in [4.69, 9.17) is 20.0 Å². The molecule has 1 aromatic heterocycles. The number of pyridine rings is 1. The summed E-state index contributed by atoms with van der Waals surface area (Å²) in [6.07, 6.45) is 1.46. The molecular formula is C17H13N5O3. The lowest BCUT2D eigenvalue weighted by Gasteiger charge is -2.07. The van der Waals surface area contributed by atoms with Crippen LogP contribution in [-0.2, 0) is 4.74 Å². The van der Waals surface area contributed by atoms with Crippen molar-refractivity contribution in [2.45, 2.75) is 6.92 Å². The predicted molar refractivity (Wildman–Crippen MR) is 89.0 cm³/mol. The zero-order valence-corrected chi connectivity index (χ0v) is 13.3. The van der Waals surface area contributed by atoms with E-state index in [9.17, 15) is 4.79 Å². The molecule has 2 aromatic rings. The van der Waals surface area contributed by atoms with Crippen LogP contribution in [0.2, 0.25) is 0 Å². The van der Waals surface area contributed by atoms with Crippen LogP contribution < -0.4 is 10.2 Å². The molecule has 0 spiro atoms. The van der Waals surface area contributed by atoms with Crippen molar-refractivity contribution in [1.82, 2.24) is 4.98 Å². The van der Waals surface area contributed by atoms with Gasteiger partial charge in [-0.1, -0.05) is 0 Å². The number of hydrogen-bond donors (Lipinski definition) is 1. The van der Waals surface area contributed by atoms with E-state index in [2.05, 4.69) is 15.5 Å². The van der Waals surface area contributed by atoms with Gasteiger partial charge in [-0.2, -0.15) is 15.6 Å². The highest BCUT2D eigenvalue weighted by molar-refractivity contribution is 6.10. The minimum absolute atomic E-state index is 0.250. The lowest BCUT2D eigenvalue weighted by Crippen LogP contribution is -2.05. The summed E-state index contributed by atoms with van der Waals surface area (Å²) in [6, 6.07) is 12.9. The molecular weight excluding hydrogens is 322 g/mol. The second kappa shape index (κ2) is 8.65. The number of carbonyl (C=O) groups is 1. The van der Waals surface area contributed by atoms with Crippen molar-refractivity contribution in [3.05, 3.63) is 48.2 Å². The van der Waals surface area contributed by atoms with E-state index in [0.29, 0.717) is 17.0 Å². The minimum atomic E-state index is -0.446. The number of nitrogens with zero attached hydrogens (tertiary/aromatic N) is 4. The van der Waals surface area contributed by atoms with Gasteiger partial charge in [0.2, 0.25) is 11.6 Å². The van der Waals surface area contributed by atoms with Gasteiger partial charge in [0.25, 0.3) is 0 Å². The second-order valence-corrected chi connectivity index (χ2v) is 4.53. The Morgan fingerprint density at radius 2 is 1.96 bits per heavy atom. The number of nitrogens with one attached hydrogen (secondary N) is 1. The number of hydrazone groups is 1. The van der Waals surface area contributed by atoms with Crippen LogP contribution in [0, 0.1) is 22.7 Å². The molecule has 0 bridgehead atoms. The van der Waals surface area contributed by atoms with Crippen LogP contribution in [0.15, 0.2) is 47.7 Å². The highest BCUT2D eigenvalue weighted by Gasteiger charge is 2.08. The van der Waals surface area contributed by atoms with Crippen LogP contribution in [-0.4, -0.2) is 23.3 Å². The first-order valence-corrected chi connectivity index (χ1v) is 7.21. The lowest BCUT2D eigenvalue weighted by atomic mass is 10.2. The summed E-state index contributed by atoms with van der Waals surface area (Å²) >= 11 is 0. The summed E-state index contributed by atoms with van der Waals surface area (Å²) in [5, 5.41) is 20.8. The quantitative estimate of drug-likeness (QED) is 0.489. The molecule has 1 heterocycles. The molecule has 124 valence electrons. The Labute approximate surface area is 143 Å². The molecule has 8 nitrogen and oxygen atoms in total. The van der Waals surface area contributed by atoms with E-state index in [1.807, 2.05) is 0 Å². The lowest BCUT2D eigenvalue weighted by molar-refractivity contribution is 0.0526. The molecule has 0 aliphatic heterocycles. The monoisotopic (exact) mass is 335 g/mol. The SMILES string of the molecule is CCOC(=O)c1ccnc(Oc2ccc(NN=C(C#N)C#N)cc2)c1. The third-order valence-corrected chi connectivity index (χ3v) is 2.83. The topological polar surface area (TPSA) is 120 Å². The molecule has 1 N–H and O–H groups in total. The fraction of sp³-hybridized carbons (Fsp3) is 0.118. The molecule has 0 fully saturated rings. The fourth-order valence-corrected chi connectivity index (χ4v) is 1.72. The highest BCUT2D eigenvalue weighted by Crippen LogP contribution is 2.22. The Morgan fingerprint density at radius 1 is 1.24 bits per heavy atom. The van der Waals surface area contributed by atoms with Crippen molar-refractivity contribution < 1.29 is 14.3 Å².